The molecule has 2 aromatic rings. The topological polar surface area (TPSA) is 69.8 Å². The van der Waals surface area contributed by atoms with Gasteiger partial charge in [-0.1, -0.05) is 23.2 Å². The molecule has 0 amide bonds. The molecule has 0 aliphatic carbocycles. The van der Waals surface area contributed by atoms with Crippen molar-refractivity contribution in [2.45, 2.75) is 19.4 Å². The van der Waals surface area contributed by atoms with Crippen molar-refractivity contribution in [2.75, 3.05) is 19.6 Å². The summed E-state index contributed by atoms with van der Waals surface area (Å²) in [6.07, 6.45) is 1.63. The standard InChI is InChI=1S/C17H21Cl2N3O2.HI/c1-2-20-17(21-6-5-15-4-3-7-24-15)22-11-16(23)12-8-13(18)10-14(19)9-12;/h3-4,7-10,16,23H,2,5-6,11H2,1H3,(H2,20,21,22);1H. The van der Waals surface area contributed by atoms with Crippen molar-refractivity contribution in [1.82, 2.24) is 10.6 Å². The Kier molecular flexibility index (Phi) is 10.3. The molecule has 25 heavy (non-hydrogen) atoms. The van der Waals surface area contributed by atoms with Gasteiger partial charge in [0.05, 0.1) is 18.9 Å². The third-order valence-electron chi connectivity index (χ3n) is 3.28. The van der Waals surface area contributed by atoms with E-state index >= 15 is 0 Å². The first-order chi connectivity index (χ1) is 11.6. The molecule has 0 radical (unpaired) electrons. The first-order valence-electron chi connectivity index (χ1n) is 7.77. The molecule has 8 heteroatoms. The van der Waals surface area contributed by atoms with E-state index in [2.05, 4.69) is 15.6 Å². The molecule has 1 heterocycles. The molecule has 0 aliphatic heterocycles. The quantitative estimate of drug-likeness (QED) is 0.307. The molecular formula is C17H22Cl2IN3O2. The van der Waals surface area contributed by atoms with Crippen LogP contribution in [0.3, 0.4) is 0 Å². The molecule has 0 saturated carbocycles. The van der Waals surface area contributed by atoms with Crippen molar-refractivity contribution in [1.29, 1.82) is 0 Å². The number of halogens is 3. The highest BCUT2D eigenvalue weighted by molar-refractivity contribution is 14.0. The van der Waals surface area contributed by atoms with Gasteiger partial charge in [0.1, 0.15) is 5.76 Å². The highest BCUT2D eigenvalue weighted by atomic mass is 127. The molecule has 138 valence electrons. The maximum atomic E-state index is 10.3. The van der Waals surface area contributed by atoms with E-state index in [1.807, 2.05) is 19.1 Å². The van der Waals surface area contributed by atoms with Gasteiger partial charge in [-0.3, -0.25) is 4.99 Å². The summed E-state index contributed by atoms with van der Waals surface area (Å²) < 4.78 is 5.29. The average Bonchev–Trinajstić information content (AvgIpc) is 3.04. The first kappa shape index (κ1) is 22.1. The van der Waals surface area contributed by atoms with Crippen molar-refractivity contribution in [3.05, 3.63) is 58.0 Å². The zero-order valence-electron chi connectivity index (χ0n) is 13.8. The summed E-state index contributed by atoms with van der Waals surface area (Å²) in [5.74, 6) is 1.54. The summed E-state index contributed by atoms with van der Waals surface area (Å²) in [6, 6.07) is 8.79. The van der Waals surface area contributed by atoms with Crippen LogP contribution >= 0.6 is 47.2 Å². The second-order valence-electron chi connectivity index (χ2n) is 5.19. The zero-order valence-corrected chi connectivity index (χ0v) is 17.7. The Balaban J connectivity index is 0.00000312. The molecule has 1 atom stereocenters. The van der Waals surface area contributed by atoms with E-state index in [1.165, 1.54) is 0 Å². The fourth-order valence-corrected chi connectivity index (χ4v) is 2.69. The van der Waals surface area contributed by atoms with Gasteiger partial charge in [-0.2, -0.15) is 0 Å². The highest BCUT2D eigenvalue weighted by Gasteiger charge is 2.09. The predicted molar refractivity (Wildman–Crippen MR) is 113 cm³/mol. The van der Waals surface area contributed by atoms with Crippen molar-refractivity contribution < 1.29 is 9.52 Å². The van der Waals surface area contributed by atoms with Gasteiger partial charge in [-0.05, 0) is 42.8 Å². The van der Waals surface area contributed by atoms with E-state index < -0.39 is 6.10 Å². The molecule has 0 fully saturated rings. The van der Waals surface area contributed by atoms with Crippen molar-refractivity contribution >= 4 is 53.1 Å². The number of benzene rings is 1. The summed E-state index contributed by atoms with van der Waals surface area (Å²) >= 11 is 11.9. The lowest BCUT2D eigenvalue weighted by Crippen LogP contribution is -2.38. The monoisotopic (exact) mass is 497 g/mol. The number of nitrogens with one attached hydrogen (secondary N) is 2. The normalized spacial score (nSPS) is 12.4. The molecule has 1 aromatic heterocycles. The fraction of sp³-hybridized carbons (Fsp3) is 0.353. The van der Waals surface area contributed by atoms with E-state index in [-0.39, 0.29) is 30.5 Å². The summed E-state index contributed by atoms with van der Waals surface area (Å²) in [5.41, 5.74) is 0.641. The SMILES string of the molecule is CCNC(=NCC(O)c1cc(Cl)cc(Cl)c1)NCCc1ccco1.I. The zero-order chi connectivity index (χ0) is 17.4. The maximum absolute atomic E-state index is 10.3. The van der Waals surface area contributed by atoms with Gasteiger partial charge in [0.25, 0.3) is 0 Å². The smallest absolute Gasteiger partial charge is 0.191 e. The van der Waals surface area contributed by atoms with Gasteiger partial charge < -0.3 is 20.2 Å². The molecule has 5 nitrogen and oxygen atoms in total. The Labute approximate surface area is 174 Å². The largest absolute Gasteiger partial charge is 0.469 e. The first-order valence-corrected chi connectivity index (χ1v) is 8.52. The summed E-state index contributed by atoms with van der Waals surface area (Å²) in [7, 11) is 0. The van der Waals surface area contributed by atoms with Crippen molar-refractivity contribution in [2.24, 2.45) is 4.99 Å². The Bertz CT molecular complexity index is 646. The van der Waals surface area contributed by atoms with Gasteiger partial charge in [-0.15, -0.1) is 24.0 Å². The van der Waals surface area contributed by atoms with Crippen LogP contribution in [0.5, 0.6) is 0 Å². The van der Waals surface area contributed by atoms with E-state index in [1.54, 1.807) is 24.5 Å². The Hall–Kier alpha value is -0.960. The number of hydrogen-bond acceptors (Lipinski definition) is 3. The third kappa shape index (κ3) is 7.85. The summed E-state index contributed by atoms with van der Waals surface area (Å²) in [6.45, 7) is 3.59. The maximum Gasteiger partial charge on any atom is 0.191 e. The molecule has 2 rings (SSSR count). The van der Waals surface area contributed by atoms with Crippen LogP contribution in [0.15, 0.2) is 46.0 Å². The number of aliphatic imine (C=N–C) groups is 1. The van der Waals surface area contributed by atoms with Crippen LogP contribution in [0.25, 0.3) is 0 Å². The van der Waals surface area contributed by atoms with Crippen LogP contribution in [0, 0.1) is 0 Å². The van der Waals surface area contributed by atoms with Gasteiger partial charge in [0, 0.05) is 29.6 Å². The Morgan fingerprint density at radius 1 is 1.24 bits per heavy atom. The molecule has 3 N–H and O–H groups in total. The van der Waals surface area contributed by atoms with Gasteiger partial charge in [-0.25, -0.2) is 0 Å². The van der Waals surface area contributed by atoms with E-state index in [0.29, 0.717) is 28.1 Å². The van der Waals surface area contributed by atoms with Crippen molar-refractivity contribution in [3.8, 4) is 0 Å². The van der Waals surface area contributed by atoms with Crippen LogP contribution in [-0.2, 0) is 6.42 Å². The molecule has 0 spiro atoms. The van der Waals surface area contributed by atoms with Crippen LogP contribution in [0.4, 0.5) is 0 Å². The van der Waals surface area contributed by atoms with E-state index in [0.717, 1.165) is 18.7 Å². The molecule has 0 bridgehead atoms. The van der Waals surface area contributed by atoms with Crippen LogP contribution in [0.2, 0.25) is 10.0 Å². The summed E-state index contributed by atoms with van der Waals surface area (Å²) in [4.78, 5) is 4.40. The molecule has 0 aliphatic rings. The lowest BCUT2D eigenvalue weighted by atomic mass is 10.1. The van der Waals surface area contributed by atoms with Crippen LogP contribution in [0.1, 0.15) is 24.4 Å². The number of furan rings is 1. The molecule has 1 unspecified atom stereocenters. The number of aliphatic hydroxyl groups is 1. The second kappa shape index (κ2) is 11.6. The number of nitrogens with zero attached hydrogens (tertiary/aromatic N) is 1. The lowest BCUT2D eigenvalue weighted by Gasteiger charge is -2.13. The third-order valence-corrected chi connectivity index (χ3v) is 3.72. The summed E-state index contributed by atoms with van der Waals surface area (Å²) in [5, 5.41) is 17.6. The number of hydrogen-bond donors (Lipinski definition) is 3. The van der Waals surface area contributed by atoms with Crippen molar-refractivity contribution in [3.63, 3.8) is 0 Å². The Morgan fingerprint density at radius 2 is 1.96 bits per heavy atom. The van der Waals surface area contributed by atoms with Crippen LogP contribution < -0.4 is 10.6 Å². The predicted octanol–water partition coefficient (Wildman–Crippen LogP) is 4.04. The number of guanidine groups is 1. The minimum atomic E-state index is -0.776. The Morgan fingerprint density at radius 3 is 2.56 bits per heavy atom. The second-order valence-corrected chi connectivity index (χ2v) is 6.07. The van der Waals surface area contributed by atoms with Gasteiger partial charge in [0.15, 0.2) is 5.96 Å². The number of rotatable bonds is 7. The fourth-order valence-electron chi connectivity index (χ4n) is 2.15. The lowest BCUT2D eigenvalue weighted by molar-refractivity contribution is 0.187. The van der Waals surface area contributed by atoms with Gasteiger partial charge in [0.2, 0.25) is 0 Å². The van der Waals surface area contributed by atoms with Crippen LogP contribution in [-0.4, -0.2) is 30.7 Å². The average molecular weight is 498 g/mol. The van der Waals surface area contributed by atoms with E-state index in [4.69, 9.17) is 27.6 Å². The minimum Gasteiger partial charge on any atom is -0.469 e. The molecule has 0 saturated heterocycles. The molecule has 1 aromatic carbocycles. The minimum absolute atomic E-state index is 0. The number of aliphatic hydroxyl groups excluding tert-OH is 1. The molecular weight excluding hydrogens is 476 g/mol. The van der Waals surface area contributed by atoms with E-state index in [9.17, 15) is 5.11 Å². The highest BCUT2D eigenvalue weighted by Crippen LogP contribution is 2.23. The van der Waals surface area contributed by atoms with Gasteiger partial charge >= 0.3 is 0 Å².